The van der Waals surface area contributed by atoms with E-state index >= 15 is 0 Å². The first-order chi connectivity index (χ1) is 8.63. The number of likely N-dealkylation sites (N-methyl/N-ethyl adjacent to an activating group) is 1. The zero-order chi connectivity index (χ0) is 13.1. The zero-order valence-corrected chi connectivity index (χ0v) is 11.8. The fourth-order valence-corrected chi connectivity index (χ4v) is 3.29. The van der Waals surface area contributed by atoms with E-state index in [0.717, 1.165) is 38.8 Å². The van der Waals surface area contributed by atoms with Gasteiger partial charge in [-0.15, -0.1) is 0 Å². The first-order valence-corrected chi connectivity index (χ1v) is 7.39. The molecular formula is C14H27N3O. The van der Waals surface area contributed by atoms with Crippen molar-refractivity contribution in [2.75, 3.05) is 20.1 Å². The number of nitrogens with two attached hydrogens (primary N) is 1. The largest absolute Gasteiger partial charge is 0.340 e. The molecule has 4 heteroatoms. The van der Waals surface area contributed by atoms with Gasteiger partial charge in [0.1, 0.15) is 0 Å². The number of hydrogen-bond acceptors (Lipinski definition) is 3. The smallest absolute Gasteiger partial charge is 0.239 e. The van der Waals surface area contributed by atoms with Crippen LogP contribution in [0.2, 0.25) is 0 Å². The SMILES string of the molecule is CCCC[C@H](N)C(=O)N1CC[C@H]2CC[C@@H](C1)N2C. The molecule has 2 aliphatic rings. The highest BCUT2D eigenvalue weighted by Gasteiger charge is 2.36. The fraction of sp³-hybridized carbons (Fsp3) is 0.929. The van der Waals surface area contributed by atoms with Crippen molar-refractivity contribution in [1.82, 2.24) is 9.80 Å². The van der Waals surface area contributed by atoms with Crippen LogP contribution in [0.5, 0.6) is 0 Å². The monoisotopic (exact) mass is 253 g/mol. The second-order valence-electron chi connectivity index (χ2n) is 5.87. The van der Waals surface area contributed by atoms with Gasteiger partial charge in [0.15, 0.2) is 0 Å². The van der Waals surface area contributed by atoms with E-state index in [2.05, 4.69) is 18.9 Å². The summed E-state index contributed by atoms with van der Waals surface area (Å²) in [7, 11) is 2.20. The van der Waals surface area contributed by atoms with E-state index in [4.69, 9.17) is 5.73 Å². The summed E-state index contributed by atoms with van der Waals surface area (Å²) in [4.78, 5) is 16.8. The minimum Gasteiger partial charge on any atom is -0.340 e. The van der Waals surface area contributed by atoms with E-state index in [1.54, 1.807) is 0 Å². The molecule has 2 rings (SSSR count). The van der Waals surface area contributed by atoms with Gasteiger partial charge < -0.3 is 10.6 Å². The zero-order valence-electron chi connectivity index (χ0n) is 11.8. The topological polar surface area (TPSA) is 49.6 Å². The maximum absolute atomic E-state index is 12.3. The van der Waals surface area contributed by atoms with Crippen LogP contribution < -0.4 is 5.73 Å². The molecule has 0 aromatic carbocycles. The van der Waals surface area contributed by atoms with Crippen LogP contribution in [0.15, 0.2) is 0 Å². The van der Waals surface area contributed by atoms with Gasteiger partial charge in [0.2, 0.25) is 5.91 Å². The van der Waals surface area contributed by atoms with Crippen LogP contribution >= 0.6 is 0 Å². The molecule has 4 nitrogen and oxygen atoms in total. The van der Waals surface area contributed by atoms with Crippen molar-refractivity contribution in [3.63, 3.8) is 0 Å². The van der Waals surface area contributed by atoms with Gasteiger partial charge in [-0.25, -0.2) is 0 Å². The standard InChI is InChI=1S/C14H27N3O/c1-3-4-5-13(15)14(18)17-9-8-11-6-7-12(10-17)16(11)2/h11-13H,3-10,15H2,1-2H3/t11-,12+,13+/m1/s1. The lowest BCUT2D eigenvalue weighted by atomic mass is 10.1. The van der Waals surface area contributed by atoms with Crippen LogP contribution in [-0.4, -0.2) is 54.0 Å². The summed E-state index contributed by atoms with van der Waals surface area (Å²) in [5.74, 6) is 0.171. The first kappa shape index (κ1) is 13.8. The van der Waals surface area contributed by atoms with Gasteiger partial charge in [0, 0.05) is 25.2 Å². The van der Waals surface area contributed by atoms with Crippen molar-refractivity contribution in [3.8, 4) is 0 Å². The highest BCUT2D eigenvalue weighted by atomic mass is 16.2. The molecule has 18 heavy (non-hydrogen) atoms. The Bertz CT molecular complexity index is 295. The van der Waals surface area contributed by atoms with Crippen molar-refractivity contribution in [1.29, 1.82) is 0 Å². The van der Waals surface area contributed by atoms with Crippen molar-refractivity contribution >= 4 is 5.91 Å². The summed E-state index contributed by atoms with van der Waals surface area (Å²) >= 11 is 0. The second kappa shape index (κ2) is 6.02. The first-order valence-electron chi connectivity index (χ1n) is 7.39. The Balaban J connectivity index is 1.91. The number of amides is 1. The van der Waals surface area contributed by atoms with Gasteiger partial charge in [-0.1, -0.05) is 19.8 Å². The van der Waals surface area contributed by atoms with Crippen molar-refractivity contribution < 1.29 is 4.79 Å². The van der Waals surface area contributed by atoms with E-state index in [1.807, 2.05) is 4.90 Å². The molecule has 104 valence electrons. The Morgan fingerprint density at radius 1 is 1.33 bits per heavy atom. The van der Waals surface area contributed by atoms with Crippen LogP contribution in [0, 0.1) is 0 Å². The molecule has 1 amide bonds. The predicted molar refractivity (Wildman–Crippen MR) is 73.3 cm³/mol. The number of nitrogens with zero attached hydrogens (tertiary/aromatic N) is 2. The van der Waals surface area contributed by atoms with Crippen molar-refractivity contribution in [2.45, 2.75) is 63.6 Å². The Morgan fingerprint density at radius 2 is 2.06 bits per heavy atom. The lowest BCUT2D eigenvalue weighted by molar-refractivity contribution is -0.133. The van der Waals surface area contributed by atoms with Gasteiger partial charge in [-0.2, -0.15) is 0 Å². The van der Waals surface area contributed by atoms with E-state index < -0.39 is 0 Å². The summed E-state index contributed by atoms with van der Waals surface area (Å²) in [5, 5.41) is 0. The second-order valence-corrected chi connectivity index (χ2v) is 5.87. The Kier molecular flexibility index (Phi) is 4.62. The summed E-state index contributed by atoms with van der Waals surface area (Å²) in [5.41, 5.74) is 6.01. The highest BCUT2D eigenvalue weighted by molar-refractivity contribution is 5.81. The van der Waals surface area contributed by atoms with Crippen LogP contribution in [-0.2, 0) is 4.79 Å². The molecule has 2 fully saturated rings. The molecule has 0 unspecified atom stereocenters. The molecule has 3 atom stereocenters. The molecule has 0 saturated carbocycles. The third kappa shape index (κ3) is 2.86. The number of carbonyl (C=O) groups excluding carboxylic acids is 1. The molecule has 2 aliphatic heterocycles. The lowest BCUT2D eigenvalue weighted by Gasteiger charge is -2.28. The van der Waals surface area contributed by atoms with Gasteiger partial charge in [-0.3, -0.25) is 9.69 Å². The number of unbranched alkanes of at least 4 members (excludes halogenated alkanes) is 1. The number of fused-ring (bicyclic) bond motifs is 2. The number of carbonyl (C=O) groups is 1. The minimum atomic E-state index is -0.285. The number of hydrogen-bond donors (Lipinski definition) is 1. The van der Waals surface area contributed by atoms with Crippen LogP contribution in [0.4, 0.5) is 0 Å². The predicted octanol–water partition coefficient (Wildman–Crippen LogP) is 1.20. The van der Waals surface area contributed by atoms with Gasteiger partial charge in [-0.05, 0) is 32.7 Å². The average molecular weight is 253 g/mol. The van der Waals surface area contributed by atoms with E-state index in [-0.39, 0.29) is 11.9 Å². The highest BCUT2D eigenvalue weighted by Crippen LogP contribution is 2.28. The third-order valence-electron chi connectivity index (χ3n) is 4.65. The quantitative estimate of drug-likeness (QED) is 0.819. The van der Waals surface area contributed by atoms with E-state index in [0.29, 0.717) is 12.1 Å². The van der Waals surface area contributed by atoms with Gasteiger partial charge in [0.25, 0.3) is 0 Å². The van der Waals surface area contributed by atoms with Gasteiger partial charge >= 0.3 is 0 Å². The minimum absolute atomic E-state index is 0.171. The molecule has 2 heterocycles. The summed E-state index contributed by atoms with van der Waals surface area (Å²) in [6.45, 7) is 3.91. The average Bonchev–Trinajstić information content (AvgIpc) is 2.59. The maximum Gasteiger partial charge on any atom is 0.239 e. The Hall–Kier alpha value is -0.610. The normalized spacial score (nSPS) is 30.3. The summed E-state index contributed by atoms with van der Waals surface area (Å²) < 4.78 is 0. The molecule has 0 spiro atoms. The van der Waals surface area contributed by atoms with Crippen LogP contribution in [0.25, 0.3) is 0 Å². The number of rotatable bonds is 4. The Morgan fingerprint density at radius 3 is 2.78 bits per heavy atom. The van der Waals surface area contributed by atoms with E-state index in [9.17, 15) is 4.79 Å². The Labute approximate surface area is 110 Å². The van der Waals surface area contributed by atoms with Crippen molar-refractivity contribution in [3.05, 3.63) is 0 Å². The molecule has 0 aromatic rings. The van der Waals surface area contributed by atoms with E-state index in [1.165, 1.54) is 12.8 Å². The summed E-state index contributed by atoms with van der Waals surface area (Å²) in [6.07, 6.45) is 6.62. The molecule has 2 N–H and O–H groups in total. The lowest BCUT2D eigenvalue weighted by Crippen LogP contribution is -2.47. The molecule has 2 bridgehead atoms. The van der Waals surface area contributed by atoms with Gasteiger partial charge in [0.05, 0.1) is 6.04 Å². The molecule has 0 aliphatic carbocycles. The van der Waals surface area contributed by atoms with Crippen LogP contribution in [0.1, 0.15) is 45.4 Å². The molecule has 2 saturated heterocycles. The van der Waals surface area contributed by atoms with Crippen molar-refractivity contribution in [2.24, 2.45) is 5.73 Å². The van der Waals surface area contributed by atoms with Crippen LogP contribution in [0.3, 0.4) is 0 Å². The number of likely N-dealkylation sites (tertiary alicyclic amines) is 1. The maximum atomic E-state index is 12.3. The summed E-state index contributed by atoms with van der Waals surface area (Å²) in [6, 6.07) is 0.950. The third-order valence-corrected chi connectivity index (χ3v) is 4.65. The molecule has 0 radical (unpaired) electrons. The molecule has 0 aromatic heterocycles. The molecular weight excluding hydrogens is 226 g/mol. The fourth-order valence-electron chi connectivity index (χ4n) is 3.29.